The summed E-state index contributed by atoms with van der Waals surface area (Å²) in [4.78, 5) is 15.9. The Morgan fingerprint density at radius 2 is 2.07 bits per heavy atom. The third-order valence-electron chi connectivity index (χ3n) is 4.16. The molecule has 0 saturated carbocycles. The Balaban J connectivity index is 1.94. The number of hydrogen-bond donors (Lipinski definition) is 1. The van der Waals surface area contributed by atoms with Gasteiger partial charge in [0.25, 0.3) is 5.91 Å². The molecular weight excluding hydrogens is 421 g/mol. The Bertz CT molecular complexity index is 1160. The van der Waals surface area contributed by atoms with Gasteiger partial charge in [-0.2, -0.15) is 18.3 Å². The normalized spacial score (nSPS) is 12.7. The fourth-order valence-corrected chi connectivity index (χ4v) is 3.10. The number of carbonyl (C=O) groups is 1. The zero-order valence-electron chi connectivity index (χ0n) is 15.7. The Morgan fingerprint density at radius 3 is 2.70 bits per heavy atom. The van der Waals surface area contributed by atoms with Gasteiger partial charge in [-0.15, -0.1) is 0 Å². The van der Waals surface area contributed by atoms with E-state index in [0.717, 1.165) is 12.1 Å². The van der Waals surface area contributed by atoms with Crippen LogP contribution in [0, 0.1) is 0 Å². The maximum atomic E-state index is 12.9. The number of aromatic nitrogens is 3. The van der Waals surface area contributed by atoms with Crippen molar-refractivity contribution in [1.82, 2.24) is 14.8 Å². The number of hydrogen-bond acceptors (Lipinski definition) is 5. The molecule has 1 unspecified atom stereocenters. The van der Waals surface area contributed by atoms with Crippen LogP contribution in [0.3, 0.4) is 0 Å². The number of carbonyl (C=O) groups excluding carboxylic acids is 1. The molecule has 3 rings (SSSR count). The van der Waals surface area contributed by atoms with Crippen LogP contribution in [0.1, 0.15) is 28.7 Å². The molecule has 0 aliphatic carbocycles. The number of allylic oxidation sites excluding steroid dienone is 1. The molecule has 7 nitrogen and oxygen atoms in total. The van der Waals surface area contributed by atoms with Crippen LogP contribution >= 0.6 is 0 Å². The summed E-state index contributed by atoms with van der Waals surface area (Å²) in [7, 11) is 0. The van der Waals surface area contributed by atoms with Crippen LogP contribution < -0.4 is 5.32 Å². The summed E-state index contributed by atoms with van der Waals surface area (Å²) in [5.41, 5.74) is 0.472. The number of aryl methyl sites for hydroxylation is 1. The van der Waals surface area contributed by atoms with Crippen molar-refractivity contribution in [2.75, 3.05) is 11.1 Å². The average Bonchev–Trinajstić information content (AvgIpc) is 3.07. The second-order valence-corrected chi connectivity index (χ2v) is 7.51. The highest BCUT2D eigenvalue weighted by molar-refractivity contribution is 7.79. The summed E-state index contributed by atoms with van der Waals surface area (Å²) in [6, 6.07) is 6.34. The zero-order chi connectivity index (χ0) is 22.1. The van der Waals surface area contributed by atoms with E-state index in [9.17, 15) is 26.7 Å². The van der Waals surface area contributed by atoms with Crippen LogP contribution in [0.4, 0.5) is 18.9 Å². The monoisotopic (exact) mass is 437 g/mol. The molecule has 30 heavy (non-hydrogen) atoms. The second-order valence-electron chi connectivity index (χ2n) is 6.50. The first-order valence-corrected chi connectivity index (χ1v) is 9.87. The highest BCUT2D eigenvalue weighted by Crippen LogP contribution is 2.30. The topological polar surface area (TPSA) is 99.9 Å². The molecule has 0 bridgehead atoms. The van der Waals surface area contributed by atoms with Crippen molar-refractivity contribution < 1.29 is 26.7 Å². The van der Waals surface area contributed by atoms with Gasteiger partial charge < -0.3 is 9.87 Å². The molecule has 158 valence electrons. The number of benzene rings is 1. The van der Waals surface area contributed by atoms with Crippen LogP contribution in [-0.4, -0.2) is 35.2 Å². The van der Waals surface area contributed by atoms with E-state index < -0.39 is 28.9 Å². The summed E-state index contributed by atoms with van der Waals surface area (Å²) in [6.45, 7) is 5.71. The number of pyridine rings is 1. The summed E-state index contributed by atoms with van der Waals surface area (Å²) < 4.78 is 61.6. The van der Waals surface area contributed by atoms with Crippen molar-refractivity contribution >= 4 is 39.2 Å². The summed E-state index contributed by atoms with van der Waals surface area (Å²) >= 11 is -2.21. The van der Waals surface area contributed by atoms with Crippen molar-refractivity contribution in [3.8, 4) is 0 Å². The van der Waals surface area contributed by atoms with Crippen LogP contribution in [-0.2, 0) is 23.8 Å². The maximum Gasteiger partial charge on any atom is 0.433 e. The summed E-state index contributed by atoms with van der Waals surface area (Å²) in [5.74, 6) is -0.913. The average molecular weight is 437 g/mol. The van der Waals surface area contributed by atoms with Gasteiger partial charge in [-0.25, -0.2) is 4.98 Å². The number of halogens is 3. The molecule has 0 spiro atoms. The largest absolute Gasteiger partial charge is 0.772 e. The summed E-state index contributed by atoms with van der Waals surface area (Å²) in [6.07, 6.45) is -3.05. The van der Waals surface area contributed by atoms with Crippen LogP contribution in [0.2, 0.25) is 0 Å². The van der Waals surface area contributed by atoms with Crippen molar-refractivity contribution in [2.45, 2.75) is 19.6 Å². The number of rotatable bonds is 6. The molecular formula is C19H16F3N4O3S-. The number of fused-ring (bicyclic) bond motifs is 1. The first-order valence-electron chi connectivity index (χ1n) is 8.63. The van der Waals surface area contributed by atoms with Crippen LogP contribution in [0.25, 0.3) is 16.5 Å². The Labute approximate surface area is 171 Å². The Morgan fingerprint density at radius 1 is 1.33 bits per heavy atom. The minimum atomic E-state index is -4.67. The highest BCUT2D eigenvalue weighted by atomic mass is 32.2. The van der Waals surface area contributed by atoms with E-state index >= 15 is 0 Å². The minimum absolute atomic E-state index is 0.105. The van der Waals surface area contributed by atoms with Gasteiger partial charge in [0.1, 0.15) is 11.4 Å². The maximum absolute atomic E-state index is 12.9. The molecule has 1 atom stereocenters. The molecule has 0 aliphatic heterocycles. The van der Waals surface area contributed by atoms with Gasteiger partial charge in [-0.3, -0.25) is 13.7 Å². The van der Waals surface area contributed by atoms with Gasteiger partial charge in [0.05, 0.1) is 12.1 Å². The van der Waals surface area contributed by atoms with Gasteiger partial charge in [0, 0.05) is 28.6 Å². The molecule has 2 aromatic heterocycles. The predicted octanol–water partition coefficient (Wildman–Crippen LogP) is 3.61. The van der Waals surface area contributed by atoms with Crippen molar-refractivity contribution in [3.63, 3.8) is 0 Å². The van der Waals surface area contributed by atoms with Crippen molar-refractivity contribution in [3.05, 3.63) is 60.1 Å². The molecule has 1 aromatic carbocycles. The fraction of sp³-hybridized carbons (Fsp3) is 0.211. The molecule has 0 radical (unpaired) electrons. The fourth-order valence-electron chi connectivity index (χ4n) is 2.77. The van der Waals surface area contributed by atoms with E-state index in [-0.39, 0.29) is 18.0 Å². The third-order valence-corrected chi connectivity index (χ3v) is 4.67. The third kappa shape index (κ3) is 4.92. The predicted molar refractivity (Wildman–Crippen MR) is 105 cm³/mol. The molecule has 0 fully saturated rings. The van der Waals surface area contributed by atoms with Gasteiger partial charge in [0.2, 0.25) is 0 Å². The molecule has 2 heterocycles. The molecule has 1 amide bonds. The van der Waals surface area contributed by atoms with Gasteiger partial charge >= 0.3 is 6.18 Å². The van der Waals surface area contributed by atoms with E-state index in [1.165, 1.54) is 10.7 Å². The van der Waals surface area contributed by atoms with Crippen molar-refractivity contribution in [2.24, 2.45) is 0 Å². The lowest BCUT2D eigenvalue weighted by Gasteiger charge is -2.12. The first kappa shape index (κ1) is 21.7. The number of nitrogens with one attached hydrogen (secondary N) is 1. The quantitative estimate of drug-likeness (QED) is 0.594. The van der Waals surface area contributed by atoms with Gasteiger partial charge in [-0.05, 0) is 36.8 Å². The van der Waals surface area contributed by atoms with Crippen molar-refractivity contribution in [1.29, 1.82) is 0 Å². The zero-order valence-corrected chi connectivity index (χ0v) is 16.5. The molecule has 0 saturated heterocycles. The molecule has 3 aromatic rings. The second kappa shape index (κ2) is 8.36. The highest BCUT2D eigenvalue weighted by Gasteiger charge is 2.33. The number of anilines is 1. The van der Waals surface area contributed by atoms with Crippen LogP contribution in [0.5, 0.6) is 0 Å². The number of amides is 1. The lowest BCUT2D eigenvalue weighted by molar-refractivity contribution is -0.141. The number of nitrogens with zero attached hydrogens (tertiary/aromatic N) is 3. The standard InChI is InChI=1S/C19H17F3N4O3S/c1-11(2)13-9-15-12(10-26(25-15)6-7-30(28)29)8-16(13)24-18(27)14-4-3-5-17(23-14)19(20,21)22/h3-5,8-10H,1,6-7H2,2H3,(H,24,27)(H,28,29)/p-1. The Kier molecular flexibility index (Phi) is 6.04. The van der Waals surface area contributed by atoms with E-state index in [0.29, 0.717) is 27.7 Å². The minimum Gasteiger partial charge on any atom is -0.772 e. The van der Waals surface area contributed by atoms with Gasteiger partial charge in [0.15, 0.2) is 0 Å². The van der Waals surface area contributed by atoms with E-state index in [4.69, 9.17) is 0 Å². The van der Waals surface area contributed by atoms with E-state index in [1.807, 2.05) is 0 Å². The SMILES string of the molecule is C=C(C)c1cc2nn(CCS(=O)[O-])cc2cc1NC(=O)c1cccc(C(F)(F)F)n1. The summed E-state index contributed by atoms with van der Waals surface area (Å²) in [5, 5.41) is 7.48. The molecule has 0 aliphatic rings. The lowest BCUT2D eigenvalue weighted by atomic mass is 10.0. The Hall–Kier alpha value is -3.05. The smallest absolute Gasteiger partial charge is 0.433 e. The lowest BCUT2D eigenvalue weighted by Crippen LogP contribution is -2.17. The van der Waals surface area contributed by atoms with Crippen LogP contribution in [0.15, 0.2) is 43.1 Å². The van der Waals surface area contributed by atoms with E-state index in [2.05, 4.69) is 22.0 Å². The molecule has 11 heteroatoms. The van der Waals surface area contributed by atoms with E-state index in [1.54, 1.807) is 25.3 Å². The molecule has 1 N–H and O–H groups in total. The number of alkyl halides is 3. The first-order chi connectivity index (χ1) is 14.0. The van der Waals surface area contributed by atoms with Gasteiger partial charge in [-0.1, -0.05) is 23.7 Å².